The van der Waals surface area contributed by atoms with E-state index < -0.39 is 0 Å². The predicted octanol–water partition coefficient (Wildman–Crippen LogP) is 4.23. The molecule has 4 heterocycles. The van der Waals surface area contributed by atoms with Gasteiger partial charge in [0, 0.05) is 20.1 Å². The molecule has 0 amide bonds. The molecule has 9 heteroatoms. The molecule has 0 spiro atoms. The lowest BCUT2D eigenvalue weighted by Gasteiger charge is -2.37. The van der Waals surface area contributed by atoms with Crippen LogP contribution in [0.25, 0.3) is 22.2 Å². The van der Waals surface area contributed by atoms with Crippen LogP contribution in [0.15, 0.2) is 65.8 Å². The molecule has 1 aliphatic heterocycles. The topological polar surface area (TPSA) is 79.3 Å². The van der Waals surface area contributed by atoms with E-state index in [2.05, 4.69) is 36.1 Å². The Morgan fingerprint density at radius 1 is 0.974 bits per heavy atom. The van der Waals surface area contributed by atoms with Gasteiger partial charge in [0.25, 0.3) is 0 Å². The van der Waals surface area contributed by atoms with Crippen molar-refractivity contribution in [1.29, 1.82) is 0 Å². The quantitative estimate of drug-likeness (QED) is 0.316. The maximum Gasteiger partial charge on any atom is 0.329 e. The number of benzene rings is 2. The van der Waals surface area contributed by atoms with Gasteiger partial charge < -0.3 is 14.0 Å². The summed E-state index contributed by atoms with van der Waals surface area (Å²) < 4.78 is 16.6. The lowest BCUT2D eigenvalue weighted by Crippen LogP contribution is -2.43. The maximum atomic E-state index is 13.7. The summed E-state index contributed by atoms with van der Waals surface area (Å²) in [6, 6.07) is 16.5. The van der Waals surface area contributed by atoms with E-state index >= 15 is 0 Å². The van der Waals surface area contributed by atoms with Crippen molar-refractivity contribution in [2.45, 2.75) is 32.5 Å². The summed E-state index contributed by atoms with van der Waals surface area (Å²) in [4.78, 5) is 25.7. The number of pyridine rings is 1. The molecule has 0 bridgehead atoms. The summed E-state index contributed by atoms with van der Waals surface area (Å²) >= 11 is 0. The zero-order chi connectivity index (χ0) is 27.1. The molecule has 3 aromatic heterocycles. The number of nitrogens with zero attached hydrogens (tertiary/aromatic N) is 6. The first-order valence-corrected chi connectivity index (χ1v) is 13.4. The molecule has 2 aromatic carbocycles. The fourth-order valence-electron chi connectivity index (χ4n) is 5.86. The molecule has 1 fully saturated rings. The van der Waals surface area contributed by atoms with E-state index in [0.717, 1.165) is 53.8 Å². The van der Waals surface area contributed by atoms with Crippen LogP contribution in [0.5, 0.6) is 11.5 Å². The van der Waals surface area contributed by atoms with Gasteiger partial charge in [0.05, 0.1) is 44.8 Å². The van der Waals surface area contributed by atoms with Crippen molar-refractivity contribution in [1.82, 2.24) is 28.6 Å². The number of methoxy groups -OCH3 is 2. The number of aryl methyl sites for hydroxylation is 1. The molecular formula is C30H34N6O3. The number of aromatic nitrogens is 5. The van der Waals surface area contributed by atoms with E-state index in [0.29, 0.717) is 24.0 Å². The highest BCUT2D eigenvalue weighted by molar-refractivity contribution is 5.98. The van der Waals surface area contributed by atoms with E-state index in [1.54, 1.807) is 25.0 Å². The monoisotopic (exact) mass is 526 g/mol. The molecule has 0 radical (unpaired) electrons. The Kier molecular flexibility index (Phi) is 6.60. The third-order valence-electron chi connectivity index (χ3n) is 8.07. The first-order valence-electron chi connectivity index (χ1n) is 13.4. The van der Waals surface area contributed by atoms with Gasteiger partial charge in [-0.05, 0) is 42.1 Å². The summed E-state index contributed by atoms with van der Waals surface area (Å²) in [6.07, 6.45) is 4.64. The normalized spacial score (nSPS) is 18.2. The average molecular weight is 527 g/mol. The first kappa shape index (κ1) is 25.2. The van der Waals surface area contributed by atoms with Gasteiger partial charge in [0.1, 0.15) is 11.0 Å². The summed E-state index contributed by atoms with van der Waals surface area (Å²) in [5, 5.41) is 0. The molecule has 9 nitrogen and oxygen atoms in total. The van der Waals surface area contributed by atoms with E-state index in [9.17, 15) is 4.79 Å². The zero-order valence-corrected chi connectivity index (χ0v) is 22.9. The van der Waals surface area contributed by atoms with Crippen molar-refractivity contribution < 1.29 is 9.47 Å². The number of fused-ring (bicyclic) bond motifs is 3. The lowest BCUT2D eigenvalue weighted by molar-refractivity contribution is 0.126. The van der Waals surface area contributed by atoms with Crippen LogP contribution in [0.4, 0.5) is 0 Å². The molecule has 2 atom stereocenters. The predicted molar refractivity (Wildman–Crippen MR) is 151 cm³/mol. The third kappa shape index (κ3) is 4.46. The standard InChI is InChI=1S/C30H34N6O3/c1-20-12-13-34(16-21-8-6-5-7-9-21)18-24(20)36-28-23(33(2)30(36)37)15-31-29-27(28)32-19-35(29)17-22-10-11-25(38-3)26(14-22)39-4/h5-11,14-15,19-20,24H,12-13,16-18H2,1-4H3/t20-,24+/m1/s1. The van der Waals surface area contributed by atoms with Gasteiger partial charge in [-0.3, -0.25) is 14.0 Å². The molecule has 6 rings (SSSR count). The highest BCUT2D eigenvalue weighted by atomic mass is 16.5. The SMILES string of the molecule is COc1ccc(Cn2cnc3c2ncc2c3n([C@H]3CN(Cc4ccccc4)CC[C@H]3C)c(=O)n2C)cc1OC. The van der Waals surface area contributed by atoms with Crippen LogP contribution in [0.2, 0.25) is 0 Å². The van der Waals surface area contributed by atoms with Gasteiger partial charge in [0.2, 0.25) is 0 Å². The number of rotatable bonds is 7. The second-order valence-corrected chi connectivity index (χ2v) is 10.5. The van der Waals surface area contributed by atoms with Crippen molar-refractivity contribution in [2.75, 3.05) is 27.3 Å². The largest absolute Gasteiger partial charge is 0.493 e. The van der Waals surface area contributed by atoms with Gasteiger partial charge in [-0.1, -0.05) is 43.3 Å². The Labute approximate surface area is 227 Å². The summed E-state index contributed by atoms with van der Waals surface area (Å²) in [5.41, 5.74) is 5.47. The molecule has 1 aliphatic rings. The number of ether oxygens (including phenoxy) is 2. The Hall–Kier alpha value is -4.11. The molecule has 1 saturated heterocycles. The molecule has 0 saturated carbocycles. The fourth-order valence-corrected chi connectivity index (χ4v) is 5.86. The molecular weight excluding hydrogens is 492 g/mol. The minimum Gasteiger partial charge on any atom is -0.493 e. The molecule has 0 aliphatic carbocycles. The Bertz CT molecular complexity index is 1690. The second kappa shape index (κ2) is 10.2. The molecule has 5 aromatic rings. The van der Waals surface area contributed by atoms with Crippen LogP contribution in [0, 0.1) is 5.92 Å². The molecule has 0 unspecified atom stereocenters. The summed E-state index contributed by atoms with van der Waals surface area (Å²) in [7, 11) is 5.09. The van der Waals surface area contributed by atoms with Gasteiger partial charge in [-0.2, -0.15) is 0 Å². The second-order valence-electron chi connectivity index (χ2n) is 10.5. The van der Waals surface area contributed by atoms with Gasteiger partial charge in [0.15, 0.2) is 17.1 Å². The summed E-state index contributed by atoms with van der Waals surface area (Å²) in [6.45, 7) is 5.52. The van der Waals surface area contributed by atoms with Crippen molar-refractivity contribution in [2.24, 2.45) is 13.0 Å². The Morgan fingerprint density at radius 3 is 2.54 bits per heavy atom. The molecule has 0 N–H and O–H groups in total. The number of piperidine rings is 1. The minimum absolute atomic E-state index is 0.0212. The molecule has 39 heavy (non-hydrogen) atoms. The van der Waals surface area contributed by atoms with Crippen molar-refractivity contribution in [3.8, 4) is 11.5 Å². The van der Waals surface area contributed by atoms with Crippen LogP contribution in [0.3, 0.4) is 0 Å². The maximum absolute atomic E-state index is 13.7. The van der Waals surface area contributed by atoms with Gasteiger partial charge >= 0.3 is 5.69 Å². The summed E-state index contributed by atoms with van der Waals surface area (Å²) in [5.74, 6) is 1.73. The first-order chi connectivity index (χ1) is 19.0. The number of imidazole rings is 2. The van der Waals surface area contributed by atoms with Crippen LogP contribution in [0.1, 0.15) is 30.5 Å². The van der Waals surface area contributed by atoms with Crippen LogP contribution in [-0.4, -0.2) is 55.9 Å². The Balaban J connectivity index is 1.39. The fraction of sp³-hybridized carbons (Fsp3) is 0.367. The average Bonchev–Trinajstić information content (AvgIpc) is 3.48. The highest BCUT2D eigenvalue weighted by Crippen LogP contribution is 2.33. The van der Waals surface area contributed by atoms with Gasteiger partial charge in [-0.15, -0.1) is 0 Å². The van der Waals surface area contributed by atoms with Gasteiger partial charge in [-0.25, -0.2) is 14.8 Å². The van der Waals surface area contributed by atoms with E-state index in [1.165, 1.54) is 5.56 Å². The number of likely N-dealkylation sites (tertiary alicyclic amines) is 1. The Morgan fingerprint density at radius 2 is 1.77 bits per heavy atom. The smallest absolute Gasteiger partial charge is 0.329 e. The lowest BCUT2D eigenvalue weighted by atomic mass is 9.92. The van der Waals surface area contributed by atoms with E-state index in [4.69, 9.17) is 19.4 Å². The van der Waals surface area contributed by atoms with E-state index in [1.807, 2.05) is 46.8 Å². The number of hydrogen-bond acceptors (Lipinski definition) is 6. The van der Waals surface area contributed by atoms with Crippen LogP contribution >= 0.6 is 0 Å². The molecule has 202 valence electrons. The van der Waals surface area contributed by atoms with Crippen LogP contribution in [-0.2, 0) is 20.1 Å². The zero-order valence-electron chi connectivity index (χ0n) is 22.9. The highest BCUT2D eigenvalue weighted by Gasteiger charge is 2.32. The van der Waals surface area contributed by atoms with Crippen molar-refractivity contribution in [3.05, 3.63) is 82.7 Å². The number of hydrogen-bond donors (Lipinski definition) is 0. The van der Waals surface area contributed by atoms with Crippen molar-refractivity contribution in [3.63, 3.8) is 0 Å². The van der Waals surface area contributed by atoms with E-state index in [-0.39, 0.29) is 11.7 Å². The van der Waals surface area contributed by atoms with Crippen LogP contribution < -0.4 is 15.2 Å². The minimum atomic E-state index is -0.0212. The van der Waals surface area contributed by atoms with Crippen molar-refractivity contribution >= 4 is 22.2 Å². The third-order valence-corrected chi connectivity index (χ3v) is 8.07.